The normalized spacial score (nSPS) is 10.7. The van der Waals surface area contributed by atoms with Gasteiger partial charge in [0, 0.05) is 23.5 Å². The lowest BCUT2D eigenvalue weighted by atomic mass is 10.1. The fraction of sp³-hybridized carbons (Fsp3) is 0.190. The van der Waals surface area contributed by atoms with E-state index >= 15 is 0 Å². The molecule has 4 aromatic rings. The molecule has 9 heteroatoms. The number of ether oxygens (including phenoxy) is 4. The van der Waals surface area contributed by atoms with Crippen LogP contribution < -0.4 is 24.3 Å². The zero-order valence-electron chi connectivity index (χ0n) is 17.0. The minimum Gasteiger partial charge on any atom is -0.497 e. The standard InChI is InChI=1S/C21H21N5O4/c1-27-15-7-5-14(6-8-15)23-21-24-18-9-10-22-20(26(18)25-21)13-11-16(28-2)19(30-4)17(12-13)29-3/h5-12H,1-4H3,(H,23,25). The molecule has 0 unspecified atom stereocenters. The van der Waals surface area contributed by atoms with E-state index in [1.807, 2.05) is 36.4 Å². The number of nitrogens with one attached hydrogen (secondary N) is 1. The molecule has 9 nitrogen and oxygen atoms in total. The summed E-state index contributed by atoms with van der Waals surface area (Å²) in [5, 5.41) is 7.76. The van der Waals surface area contributed by atoms with Crippen LogP contribution in [0.15, 0.2) is 48.7 Å². The quantitative estimate of drug-likeness (QED) is 0.497. The van der Waals surface area contributed by atoms with Gasteiger partial charge in [0.15, 0.2) is 23.0 Å². The minimum atomic E-state index is 0.446. The number of aromatic nitrogens is 4. The van der Waals surface area contributed by atoms with Crippen molar-refractivity contribution in [3.63, 3.8) is 0 Å². The zero-order valence-corrected chi connectivity index (χ0v) is 17.0. The third-order valence-electron chi connectivity index (χ3n) is 4.52. The van der Waals surface area contributed by atoms with Gasteiger partial charge in [-0.25, -0.2) is 4.98 Å². The summed E-state index contributed by atoms with van der Waals surface area (Å²) in [6.07, 6.45) is 1.68. The second-order valence-electron chi connectivity index (χ2n) is 6.24. The number of hydrogen-bond acceptors (Lipinski definition) is 8. The lowest BCUT2D eigenvalue weighted by molar-refractivity contribution is 0.324. The smallest absolute Gasteiger partial charge is 0.247 e. The molecular formula is C21H21N5O4. The van der Waals surface area contributed by atoms with Crippen molar-refractivity contribution in [1.29, 1.82) is 0 Å². The lowest BCUT2D eigenvalue weighted by Gasteiger charge is -2.14. The van der Waals surface area contributed by atoms with Crippen LogP contribution in [0.3, 0.4) is 0 Å². The largest absolute Gasteiger partial charge is 0.497 e. The Labute approximate surface area is 173 Å². The molecule has 0 aliphatic rings. The molecule has 0 atom stereocenters. The van der Waals surface area contributed by atoms with E-state index in [0.717, 1.165) is 17.0 Å². The summed E-state index contributed by atoms with van der Waals surface area (Å²) in [7, 11) is 6.33. The molecule has 0 aliphatic carbocycles. The second-order valence-corrected chi connectivity index (χ2v) is 6.24. The van der Waals surface area contributed by atoms with E-state index in [1.165, 1.54) is 0 Å². The molecule has 2 heterocycles. The van der Waals surface area contributed by atoms with Gasteiger partial charge in [0.1, 0.15) is 5.75 Å². The molecule has 2 aromatic carbocycles. The highest BCUT2D eigenvalue weighted by Gasteiger charge is 2.17. The molecule has 0 aliphatic heterocycles. The van der Waals surface area contributed by atoms with E-state index in [2.05, 4.69) is 20.4 Å². The Kier molecular flexibility index (Phi) is 5.25. The molecule has 0 amide bonds. The average molecular weight is 407 g/mol. The summed E-state index contributed by atoms with van der Waals surface area (Å²) in [4.78, 5) is 9.03. The number of benzene rings is 2. The van der Waals surface area contributed by atoms with Crippen molar-refractivity contribution in [2.45, 2.75) is 0 Å². The Morgan fingerprint density at radius 2 is 1.53 bits per heavy atom. The van der Waals surface area contributed by atoms with Crippen molar-refractivity contribution in [1.82, 2.24) is 19.6 Å². The van der Waals surface area contributed by atoms with Gasteiger partial charge >= 0.3 is 0 Å². The van der Waals surface area contributed by atoms with Crippen LogP contribution in [-0.4, -0.2) is 48.0 Å². The number of nitrogens with zero attached hydrogens (tertiary/aromatic N) is 4. The molecule has 0 spiro atoms. The predicted octanol–water partition coefficient (Wildman–Crippen LogP) is 3.57. The first-order valence-corrected chi connectivity index (χ1v) is 9.10. The predicted molar refractivity (Wildman–Crippen MR) is 112 cm³/mol. The van der Waals surface area contributed by atoms with Gasteiger partial charge in [0.25, 0.3) is 0 Å². The summed E-state index contributed by atoms with van der Waals surface area (Å²) in [5.74, 6) is 3.38. The van der Waals surface area contributed by atoms with Gasteiger partial charge in [0.05, 0.1) is 28.4 Å². The van der Waals surface area contributed by atoms with Gasteiger partial charge in [-0.1, -0.05) is 0 Å². The van der Waals surface area contributed by atoms with Crippen LogP contribution in [0, 0.1) is 0 Å². The highest BCUT2D eigenvalue weighted by atomic mass is 16.5. The fourth-order valence-electron chi connectivity index (χ4n) is 3.08. The van der Waals surface area contributed by atoms with E-state index < -0.39 is 0 Å². The zero-order chi connectivity index (χ0) is 21.1. The summed E-state index contributed by atoms with van der Waals surface area (Å²) in [5.41, 5.74) is 2.23. The molecule has 30 heavy (non-hydrogen) atoms. The highest BCUT2D eigenvalue weighted by molar-refractivity contribution is 5.68. The monoisotopic (exact) mass is 407 g/mol. The van der Waals surface area contributed by atoms with Crippen LogP contribution in [0.25, 0.3) is 17.0 Å². The summed E-state index contributed by atoms with van der Waals surface area (Å²) in [6, 6.07) is 12.9. The van der Waals surface area contributed by atoms with Crippen LogP contribution in [-0.2, 0) is 0 Å². The number of rotatable bonds is 7. The Bertz CT molecular complexity index is 1150. The van der Waals surface area contributed by atoms with E-state index in [1.54, 1.807) is 45.2 Å². The maximum absolute atomic E-state index is 5.46. The molecular weight excluding hydrogens is 386 g/mol. The Balaban J connectivity index is 1.75. The maximum Gasteiger partial charge on any atom is 0.247 e. The van der Waals surface area contributed by atoms with E-state index in [4.69, 9.17) is 18.9 Å². The van der Waals surface area contributed by atoms with Gasteiger partial charge in [-0.2, -0.15) is 9.50 Å². The van der Waals surface area contributed by atoms with Crippen LogP contribution in [0.5, 0.6) is 23.0 Å². The molecule has 0 bridgehead atoms. The van der Waals surface area contributed by atoms with Gasteiger partial charge < -0.3 is 24.3 Å². The first-order chi connectivity index (χ1) is 14.7. The molecule has 0 saturated heterocycles. The third kappa shape index (κ3) is 3.52. The topological polar surface area (TPSA) is 92.0 Å². The van der Waals surface area contributed by atoms with Crippen molar-refractivity contribution >= 4 is 17.3 Å². The Hall–Kier alpha value is -4.01. The number of anilines is 2. The van der Waals surface area contributed by atoms with E-state index in [9.17, 15) is 0 Å². The number of fused-ring (bicyclic) bond motifs is 1. The summed E-state index contributed by atoms with van der Waals surface area (Å²) in [6.45, 7) is 0. The molecule has 1 N–H and O–H groups in total. The van der Waals surface area contributed by atoms with Gasteiger partial charge in [-0.15, -0.1) is 5.10 Å². The number of hydrogen-bond donors (Lipinski definition) is 1. The van der Waals surface area contributed by atoms with Gasteiger partial charge in [0.2, 0.25) is 11.7 Å². The third-order valence-corrected chi connectivity index (χ3v) is 4.52. The van der Waals surface area contributed by atoms with Crippen LogP contribution in [0.4, 0.5) is 11.6 Å². The Morgan fingerprint density at radius 3 is 2.13 bits per heavy atom. The molecule has 0 fully saturated rings. The minimum absolute atomic E-state index is 0.446. The van der Waals surface area contributed by atoms with E-state index in [-0.39, 0.29) is 0 Å². The van der Waals surface area contributed by atoms with Crippen LogP contribution in [0.1, 0.15) is 0 Å². The Morgan fingerprint density at radius 1 is 0.833 bits per heavy atom. The SMILES string of the molecule is COc1ccc(Nc2nc3ccnc(-c4cc(OC)c(OC)c(OC)c4)n3n2)cc1. The summed E-state index contributed by atoms with van der Waals surface area (Å²) >= 11 is 0. The van der Waals surface area contributed by atoms with Crippen molar-refractivity contribution < 1.29 is 18.9 Å². The molecule has 4 rings (SSSR count). The lowest BCUT2D eigenvalue weighted by Crippen LogP contribution is -2.00. The van der Waals surface area contributed by atoms with E-state index in [0.29, 0.717) is 34.7 Å². The van der Waals surface area contributed by atoms with Crippen LogP contribution in [0.2, 0.25) is 0 Å². The van der Waals surface area contributed by atoms with Crippen LogP contribution >= 0.6 is 0 Å². The van der Waals surface area contributed by atoms with Crippen molar-refractivity contribution in [3.8, 4) is 34.4 Å². The van der Waals surface area contributed by atoms with Gasteiger partial charge in [-0.05, 0) is 36.4 Å². The first-order valence-electron chi connectivity index (χ1n) is 9.10. The van der Waals surface area contributed by atoms with Gasteiger partial charge in [-0.3, -0.25) is 0 Å². The average Bonchev–Trinajstić information content (AvgIpc) is 3.20. The number of methoxy groups -OCH3 is 4. The van der Waals surface area contributed by atoms with Crippen molar-refractivity contribution in [2.75, 3.05) is 33.8 Å². The maximum atomic E-state index is 5.46. The summed E-state index contributed by atoms with van der Waals surface area (Å²) < 4.78 is 23.2. The molecule has 0 saturated carbocycles. The highest BCUT2D eigenvalue weighted by Crippen LogP contribution is 2.40. The fourth-order valence-corrected chi connectivity index (χ4v) is 3.08. The molecule has 154 valence electrons. The molecule has 0 radical (unpaired) electrons. The first kappa shape index (κ1) is 19.3. The van der Waals surface area contributed by atoms with Crippen molar-refractivity contribution in [2.24, 2.45) is 0 Å². The second kappa shape index (κ2) is 8.16. The molecule has 2 aromatic heterocycles. The van der Waals surface area contributed by atoms with Crippen molar-refractivity contribution in [3.05, 3.63) is 48.7 Å².